The van der Waals surface area contributed by atoms with Crippen LogP contribution in [-0.4, -0.2) is 41.1 Å². The van der Waals surface area contributed by atoms with Gasteiger partial charge < -0.3 is 14.8 Å². The summed E-state index contributed by atoms with van der Waals surface area (Å²) in [5.41, 5.74) is 1.77. The number of hydrogen-bond acceptors (Lipinski definition) is 4. The molecule has 1 N–H and O–H groups in total. The van der Waals surface area contributed by atoms with Crippen LogP contribution in [0.2, 0.25) is 0 Å². The highest BCUT2D eigenvalue weighted by atomic mass is 32.2. The second-order valence-corrected chi connectivity index (χ2v) is 9.57. The van der Waals surface area contributed by atoms with E-state index in [0.717, 1.165) is 5.56 Å². The van der Waals surface area contributed by atoms with Gasteiger partial charge in [0.15, 0.2) is 5.11 Å². The van der Waals surface area contributed by atoms with Crippen molar-refractivity contribution in [3.63, 3.8) is 0 Å². The molecule has 0 atom stereocenters. The molecule has 0 aliphatic heterocycles. The molecule has 9 heteroatoms. The molecule has 0 saturated carbocycles. The van der Waals surface area contributed by atoms with Gasteiger partial charge in [-0.1, -0.05) is 48.5 Å². The molecule has 0 amide bonds. The molecule has 0 unspecified atom stereocenters. The van der Waals surface area contributed by atoms with Gasteiger partial charge in [-0.15, -0.1) is 0 Å². The third kappa shape index (κ3) is 5.72. The zero-order chi connectivity index (χ0) is 23.1. The van der Waals surface area contributed by atoms with Crippen LogP contribution in [0, 0.1) is 5.82 Å². The first-order valence-corrected chi connectivity index (χ1v) is 12.5. The summed E-state index contributed by atoms with van der Waals surface area (Å²) < 4.78 is 42.4. The van der Waals surface area contributed by atoms with Crippen LogP contribution >= 0.6 is 12.2 Å². The van der Waals surface area contributed by atoms with E-state index in [2.05, 4.69) is 10.3 Å². The smallest absolute Gasteiger partial charge is 0.228 e. The van der Waals surface area contributed by atoms with Crippen molar-refractivity contribution in [3.8, 4) is 0 Å². The Balaban J connectivity index is 2.00. The normalized spacial score (nSPS) is 11.3. The molecular formula is C23H27FN4O2S2. The van der Waals surface area contributed by atoms with E-state index >= 15 is 0 Å². The van der Waals surface area contributed by atoms with Gasteiger partial charge in [-0.3, -0.25) is 0 Å². The Morgan fingerprint density at radius 1 is 1.12 bits per heavy atom. The molecule has 0 bridgehead atoms. The molecule has 2 aromatic carbocycles. The highest BCUT2D eigenvalue weighted by molar-refractivity contribution is 7.90. The summed E-state index contributed by atoms with van der Waals surface area (Å²) >= 11 is 5.45. The fourth-order valence-corrected chi connectivity index (χ4v) is 5.21. The Morgan fingerprint density at radius 3 is 2.47 bits per heavy atom. The molecule has 1 aromatic heterocycles. The van der Waals surface area contributed by atoms with E-state index in [1.165, 1.54) is 18.2 Å². The summed E-state index contributed by atoms with van der Waals surface area (Å²) in [6, 6.07) is 15.5. The first-order valence-electron chi connectivity index (χ1n) is 10.4. The Morgan fingerprint density at radius 2 is 1.81 bits per heavy atom. The summed E-state index contributed by atoms with van der Waals surface area (Å²) in [7, 11) is -3.89. The second-order valence-electron chi connectivity index (χ2n) is 7.30. The largest absolute Gasteiger partial charge is 0.363 e. The van der Waals surface area contributed by atoms with Crippen molar-refractivity contribution in [2.75, 3.05) is 13.1 Å². The number of benzene rings is 2. The van der Waals surface area contributed by atoms with Crippen molar-refractivity contribution in [1.82, 2.24) is 19.8 Å². The molecule has 0 spiro atoms. The maximum atomic E-state index is 14.1. The number of imidazole rings is 1. The molecule has 0 radical (unpaired) electrons. The van der Waals surface area contributed by atoms with Gasteiger partial charge in [-0.25, -0.2) is 17.8 Å². The number of nitrogens with one attached hydrogen (secondary N) is 1. The molecule has 170 valence electrons. The predicted molar refractivity (Wildman–Crippen MR) is 127 cm³/mol. The lowest BCUT2D eigenvalue weighted by Gasteiger charge is -2.24. The van der Waals surface area contributed by atoms with E-state index in [1.54, 1.807) is 16.8 Å². The van der Waals surface area contributed by atoms with Gasteiger partial charge in [-0.2, -0.15) is 0 Å². The van der Waals surface area contributed by atoms with Gasteiger partial charge in [0.25, 0.3) is 0 Å². The maximum absolute atomic E-state index is 14.1. The van der Waals surface area contributed by atoms with Crippen LogP contribution < -0.4 is 5.32 Å². The molecule has 0 aliphatic rings. The van der Waals surface area contributed by atoms with Gasteiger partial charge in [0, 0.05) is 18.7 Å². The molecule has 3 rings (SSSR count). The van der Waals surface area contributed by atoms with Crippen molar-refractivity contribution in [2.45, 2.75) is 37.8 Å². The van der Waals surface area contributed by atoms with Crippen LogP contribution in [-0.2, 0) is 28.7 Å². The Labute approximate surface area is 194 Å². The predicted octanol–water partition coefficient (Wildman–Crippen LogP) is 3.76. The standard InChI is InChI=1S/C23H27FN4O2S2/c1-3-25-22(31)27(4-2)16-20-14-26-23(28(20)15-18-10-6-5-7-11-18)32(29,30)17-19-12-8-9-13-21(19)24/h5-14H,3-4,15-17H2,1-2H3,(H,25,31). The van der Waals surface area contributed by atoms with E-state index in [0.29, 0.717) is 37.0 Å². The minimum Gasteiger partial charge on any atom is -0.363 e. The lowest BCUT2D eigenvalue weighted by Crippen LogP contribution is -2.39. The summed E-state index contributed by atoms with van der Waals surface area (Å²) in [6.45, 7) is 6.02. The molecule has 0 fully saturated rings. The van der Waals surface area contributed by atoms with Crippen LogP contribution in [0.25, 0.3) is 0 Å². The number of aromatic nitrogens is 2. The van der Waals surface area contributed by atoms with Gasteiger partial charge in [-0.05, 0) is 37.7 Å². The topological polar surface area (TPSA) is 67.2 Å². The SMILES string of the molecule is CCNC(=S)N(CC)Cc1cnc(S(=O)(=O)Cc2ccccc2F)n1Cc1ccccc1. The molecule has 1 heterocycles. The Hall–Kier alpha value is -2.78. The second kappa shape index (κ2) is 10.7. The molecule has 32 heavy (non-hydrogen) atoms. The highest BCUT2D eigenvalue weighted by Gasteiger charge is 2.26. The summed E-state index contributed by atoms with van der Waals surface area (Å²) in [6.07, 6.45) is 1.56. The van der Waals surface area contributed by atoms with Crippen LogP contribution in [0.3, 0.4) is 0 Å². The number of nitrogens with zero attached hydrogens (tertiary/aromatic N) is 3. The first kappa shape index (κ1) is 23.9. The molecule has 6 nitrogen and oxygen atoms in total. The van der Waals surface area contributed by atoms with Crippen molar-refractivity contribution in [1.29, 1.82) is 0 Å². The minimum atomic E-state index is -3.89. The summed E-state index contributed by atoms with van der Waals surface area (Å²) in [4.78, 5) is 6.21. The third-order valence-electron chi connectivity index (χ3n) is 5.02. The van der Waals surface area contributed by atoms with E-state index in [9.17, 15) is 12.8 Å². The fourth-order valence-electron chi connectivity index (χ4n) is 3.37. The number of hydrogen-bond donors (Lipinski definition) is 1. The van der Waals surface area contributed by atoms with E-state index in [1.807, 2.05) is 49.1 Å². The summed E-state index contributed by atoms with van der Waals surface area (Å²) in [5.74, 6) is -1.01. The van der Waals surface area contributed by atoms with Gasteiger partial charge in [0.2, 0.25) is 15.0 Å². The first-order chi connectivity index (χ1) is 15.4. The van der Waals surface area contributed by atoms with Crippen molar-refractivity contribution in [2.24, 2.45) is 0 Å². The van der Waals surface area contributed by atoms with Gasteiger partial charge in [0.05, 0.1) is 30.7 Å². The quantitative estimate of drug-likeness (QED) is 0.477. The van der Waals surface area contributed by atoms with Gasteiger partial charge in [0.1, 0.15) is 5.82 Å². The number of sulfone groups is 1. The van der Waals surface area contributed by atoms with Gasteiger partial charge >= 0.3 is 0 Å². The maximum Gasteiger partial charge on any atom is 0.228 e. The molecule has 0 aliphatic carbocycles. The monoisotopic (exact) mass is 474 g/mol. The number of thiocarbonyl (C=S) groups is 1. The summed E-state index contributed by atoms with van der Waals surface area (Å²) in [5, 5.41) is 3.65. The highest BCUT2D eigenvalue weighted by Crippen LogP contribution is 2.21. The third-order valence-corrected chi connectivity index (χ3v) is 6.99. The van der Waals surface area contributed by atoms with E-state index in [4.69, 9.17) is 12.2 Å². The average molecular weight is 475 g/mol. The zero-order valence-corrected chi connectivity index (χ0v) is 19.8. The Bertz CT molecular complexity index is 1160. The molecular weight excluding hydrogens is 447 g/mol. The average Bonchev–Trinajstić information content (AvgIpc) is 3.17. The molecule has 3 aromatic rings. The lowest BCUT2D eigenvalue weighted by molar-refractivity contribution is 0.410. The molecule has 0 saturated heterocycles. The van der Waals surface area contributed by atoms with Crippen molar-refractivity contribution >= 4 is 27.2 Å². The minimum absolute atomic E-state index is 0.0787. The van der Waals surface area contributed by atoms with Crippen molar-refractivity contribution in [3.05, 3.63) is 83.4 Å². The van der Waals surface area contributed by atoms with E-state index in [-0.39, 0.29) is 10.7 Å². The Kier molecular flexibility index (Phi) is 7.98. The van der Waals surface area contributed by atoms with Crippen molar-refractivity contribution < 1.29 is 12.8 Å². The zero-order valence-electron chi connectivity index (χ0n) is 18.2. The number of halogens is 1. The van der Waals surface area contributed by atoms with Crippen LogP contribution in [0.1, 0.15) is 30.7 Å². The lowest BCUT2D eigenvalue weighted by atomic mass is 10.2. The fraction of sp³-hybridized carbons (Fsp3) is 0.304. The number of rotatable bonds is 9. The van der Waals surface area contributed by atoms with E-state index < -0.39 is 21.4 Å². The van der Waals surface area contributed by atoms with Crippen LogP contribution in [0.15, 0.2) is 66.0 Å². The van der Waals surface area contributed by atoms with Crippen LogP contribution in [0.5, 0.6) is 0 Å². The van der Waals surface area contributed by atoms with Crippen LogP contribution in [0.4, 0.5) is 4.39 Å².